The fourth-order valence-electron chi connectivity index (χ4n) is 4.27. The van der Waals surface area contributed by atoms with E-state index in [1.165, 1.54) is 8.61 Å². The second-order valence-electron chi connectivity index (χ2n) is 7.82. The molecule has 2 fully saturated rings. The molecule has 1 spiro atoms. The van der Waals surface area contributed by atoms with Gasteiger partial charge < -0.3 is 15.4 Å². The predicted octanol–water partition coefficient (Wildman–Crippen LogP) is 1.97. The Balaban J connectivity index is 1.53. The Morgan fingerprint density at radius 3 is 1.69 bits per heavy atom. The van der Waals surface area contributed by atoms with Gasteiger partial charge in [0.25, 0.3) is 0 Å². The zero-order chi connectivity index (χ0) is 23.0. The first-order chi connectivity index (χ1) is 15.2. The summed E-state index contributed by atoms with van der Waals surface area (Å²) in [6.07, 6.45) is 0.545. The molecule has 0 bridgehead atoms. The lowest BCUT2D eigenvalue weighted by Gasteiger charge is -2.42. The smallest absolute Gasteiger partial charge is 0.245 e. The number of rotatable bonds is 6. The molecule has 0 aliphatic carbocycles. The van der Waals surface area contributed by atoms with Gasteiger partial charge in [0.15, 0.2) is 0 Å². The maximum absolute atomic E-state index is 13.4. The highest BCUT2D eigenvalue weighted by Crippen LogP contribution is 2.39. The Hall–Kier alpha value is -2.18. The summed E-state index contributed by atoms with van der Waals surface area (Å²) in [6, 6.07) is 13.1. The average molecular weight is 481 g/mol. The van der Waals surface area contributed by atoms with Gasteiger partial charge in [-0.1, -0.05) is 0 Å². The highest BCUT2D eigenvalue weighted by atomic mass is 32.2. The fraction of sp³-hybridized carbons (Fsp3) is 0.429. The Labute approximate surface area is 189 Å². The molecular weight excluding hydrogens is 452 g/mol. The minimum absolute atomic E-state index is 0.181. The lowest BCUT2D eigenvalue weighted by Crippen LogP contribution is -2.55. The monoisotopic (exact) mass is 480 g/mol. The number of hydrogen-bond acceptors (Lipinski definition) is 7. The molecule has 0 radical (unpaired) electrons. The van der Waals surface area contributed by atoms with Gasteiger partial charge in [-0.2, -0.15) is 8.61 Å². The van der Waals surface area contributed by atoms with E-state index in [0.717, 1.165) is 11.4 Å². The first-order valence-electron chi connectivity index (χ1n) is 10.5. The van der Waals surface area contributed by atoms with Crippen LogP contribution >= 0.6 is 0 Å². The zero-order valence-corrected chi connectivity index (χ0v) is 19.7. The van der Waals surface area contributed by atoms with E-state index >= 15 is 0 Å². The molecule has 2 aliphatic rings. The number of nitrogens with one attached hydrogen (secondary N) is 2. The standard InChI is InChI=1S/C21H28N4O5S2/c1-22-17-3-7-19(8-4-17)31(26,27)24-13-11-21(12-14-24)25(15-16-30-21)32(28,29)20-9-5-18(23-2)6-10-20/h3-10,22-23H,11-16H2,1-2H3. The van der Waals surface area contributed by atoms with Gasteiger partial charge in [-0.05, 0) is 48.5 Å². The summed E-state index contributed by atoms with van der Waals surface area (Å²) in [5.74, 6) is 0. The third-order valence-corrected chi connectivity index (χ3v) is 10.0. The van der Waals surface area contributed by atoms with Crippen molar-refractivity contribution < 1.29 is 21.6 Å². The maximum atomic E-state index is 13.4. The molecule has 2 N–H and O–H groups in total. The maximum Gasteiger partial charge on any atom is 0.245 e. The molecule has 0 atom stereocenters. The molecular formula is C21H28N4O5S2. The van der Waals surface area contributed by atoms with Crippen LogP contribution < -0.4 is 10.6 Å². The molecule has 11 heteroatoms. The summed E-state index contributed by atoms with van der Waals surface area (Å²) in [4.78, 5) is 0.412. The van der Waals surface area contributed by atoms with E-state index in [1.807, 2.05) is 0 Å². The summed E-state index contributed by atoms with van der Waals surface area (Å²) in [6.45, 7) is 0.891. The summed E-state index contributed by atoms with van der Waals surface area (Å²) < 4.78 is 61.6. The van der Waals surface area contributed by atoms with Crippen molar-refractivity contribution in [3.8, 4) is 0 Å². The summed E-state index contributed by atoms with van der Waals surface area (Å²) in [7, 11) is -3.91. The van der Waals surface area contributed by atoms with Crippen molar-refractivity contribution in [1.82, 2.24) is 8.61 Å². The molecule has 0 aromatic heterocycles. The van der Waals surface area contributed by atoms with E-state index < -0.39 is 25.8 Å². The van der Waals surface area contributed by atoms with E-state index in [1.54, 1.807) is 62.6 Å². The molecule has 0 unspecified atom stereocenters. The van der Waals surface area contributed by atoms with Gasteiger partial charge in [0.1, 0.15) is 5.72 Å². The van der Waals surface area contributed by atoms with Gasteiger partial charge in [0.05, 0.1) is 16.4 Å². The first kappa shape index (κ1) is 23.0. The van der Waals surface area contributed by atoms with Crippen LogP contribution in [0.2, 0.25) is 0 Å². The van der Waals surface area contributed by atoms with Crippen molar-refractivity contribution in [3.05, 3.63) is 48.5 Å². The van der Waals surface area contributed by atoms with Gasteiger partial charge in [0, 0.05) is 57.9 Å². The number of ether oxygens (including phenoxy) is 1. The average Bonchev–Trinajstić information content (AvgIpc) is 3.23. The van der Waals surface area contributed by atoms with Gasteiger partial charge in [0.2, 0.25) is 20.0 Å². The van der Waals surface area contributed by atoms with Crippen LogP contribution in [-0.4, -0.2) is 71.5 Å². The SMILES string of the molecule is CNc1ccc(S(=O)(=O)N2CCC3(CC2)OCCN3S(=O)(=O)c2ccc(NC)cc2)cc1. The number of piperidine rings is 1. The molecule has 32 heavy (non-hydrogen) atoms. The van der Waals surface area contributed by atoms with E-state index in [0.29, 0.717) is 0 Å². The highest BCUT2D eigenvalue weighted by molar-refractivity contribution is 7.89. The van der Waals surface area contributed by atoms with Crippen molar-refractivity contribution >= 4 is 31.4 Å². The molecule has 0 amide bonds. The molecule has 0 saturated carbocycles. The third kappa shape index (κ3) is 3.99. The van der Waals surface area contributed by atoms with Gasteiger partial charge in [-0.15, -0.1) is 0 Å². The van der Waals surface area contributed by atoms with Crippen molar-refractivity contribution in [1.29, 1.82) is 0 Å². The van der Waals surface area contributed by atoms with E-state index in [2.05, 4.69) is 10.6 Å². The van der Waals surface area contributed by atoms with Crippen LogP contribution in [-0.2, 0) is 24.8 Å². The summed E-state index contributed by atoms with van der Waals surface area (Å²) in [5.41, 5.74) is 0.616. The normalized spacial score (nSPS) is 19.8. The van der Waals surface area contributed by atoms with Crippen LogP contribution in [0.1, 0.15) is 12.8 Å². The van der Waals surface area contributed by atoms with Crippen molar-refractivity contribution in [2.24, 2.45) is 0 Å². The predicted molar refractivity (Wildman–Crippen MR) is 123 cm³/mol. The van der Waals surface area contributed by atoms with Gasteiger partial charge in [-0.25, -0.2) is 16.8 Å². The minimum atomic E-state index is -3.78. The molecule has 2 aliphatic heterocycles. The van der Waals surface area contributed by atoms with E-state index in [9.17, 15) is 16.8 Å². The lowest BCUT2D eigenvalue weighted by molar-refractivity contribution is -0.0806. The third-order valence-electron chi connectivity index (χ3n) is 6.14. The Morgan fingerprint density at radius 1 is 0.750 bits per heavy atom. The Bertz CT molecular complexity index is 1160. The van der Waals surface area contributed by atoms with Crippen molar-refractivity contribution in [3.63, 3.8) is 0 Å². The van der Waals surface area contributed by atoms with Gasteiger partial charge >= 0.3 is 0 Å². The van der Waals surface area contributed by atoms with Crippen LogP contribution in [0.4, 0.5) is 11.4 Å². The molecule has 9 nitrogen and oxygen atoms in total. The summed E-state index contributed by atoms with van der Waals surface area (Å²) >= 11 is 0. The second kappa shape index (κ2) is 8.64. The number of anilines is 2. The van der Waals surface area contributed by atoms with Crippen LogP contribution in [0.15, 0.2) is 58.3 Å². The van der Waals surface area contributed by atoms with E-state index in [-0.39, 0.29) is 48.9 Å². The zero-order valence-electron chi connectivity index (χ0n) is 18.1. The topological polar surface area (TPSA) is 108 Å². The summed E-state index contributed by atoms with van der Waals surface area (Å²) in [5, 5.41) is 5.94. The van der Waals surface area contributed by atoms with Crippen LogP contribution in [0.25, 0.3) is 0 Å². The quantitative estimate of drug-likeness (QED) is 0.651. The van der Waals surface area contributed by atoms with Crippen LogP contribution in [0.5, 0.6) is 0 Å². The highest BCUT2D eigenvalue weighted by Gasteiger charge is 2.51. The number of benzene rings is 2. The molecule has 4 rings (SSSR count). The van der Waals surface area contributed by atoms with Gasteiger partial charge in [-0.3, -0.25) is 0 Å². The van der Waals surface area contributed by atoms with E-state index in [4.69, 9.17) is 4.74 Å². The Morgan fingerprint density at radius 2 is 1.22 bits per heavy atom. The molecule has 174 valence electrons. The second-order valence-corrected chi connectivity index (χ2v) is 11.6. The number of sulfonamides is 2. The molecule has 2 aromatic carbocycles. The van der Waals surface area contributed by atoms with Crippen molar-refractivity contribution in [2.75, 3.05) is 51.0 Å². The molecule has 2 heterocycles. The number of hydrogen-bond donors (Lipinski definition) is 2. The first-order valence-corrected chi connectivity index (χ1v) is 13.3. The van der Waals surface area contributed by atoms with Crippen LogP contribution in [0.3, 0.4) is 0 Å². The Kier molecular flexibility index (Phi) is 6.21. The fourth-order valence-corrected chi connectivity index (χ4v) is 7.43. The molecule has 2 aromatic rings. The largest absolute Gasteiger partial charge is 0.388 e. The lowest BCUT2D eigenvalue weighted by atomic mass is 10.0. The minimum Gasteiger partial charge on any atom is -0.388 e. The van der Waals surface area contributed by atoms with Crippen LogP contribution in [0, 0.1) is 0 Å². The van der Waals surface area contributed by atoms with Crippen molar-refractivity contribution in [2.45, 2.75) is 28.4 Å². The molecule has 2 saturated heterocycles. The number of nitrogens with zero attached hydrogens (tertiary/aromatic N) is 2.